The Balaban J connectivity index is 0.00000529. The van der Waals surface area contributed by atoms with Gasteiger partial charge in [-0.1, -0.05) is 13.8 Å². The molecule has 24 heavy (non-hydrogen) atoms. The highest BCUT2D eigenvalue weighted by Gasteiger charge is 2.31. The third-order valence-corrected chi connectivity index (χ3v) is 5.10. The van der Waals surface area contributed by atoms with E-state index in [1.165, 1.54) is 13.0 Å². The molecule has 0 amide bonds. The predicted octanol–water partition coefficient (Wildman–Crippen LogP) is 2.62. The molecule has 3 unspecified atom stereocenters. The summed E-state index contributed by atoms with van der Waals surface area (Å²) < 4.78 is 0. The lowest BCUT2D eigenvalue weighted by Crippen LogP contribution is -2.47. The number of aliphatic imine (C=N–C) groups is 1. The van der Waals surface area contributed by atoms with E-state index in [9.17, 15) is 0 Å². The van der Waals surface area contributed by atoms with Crippen molar-refractivity contribution in [3.05, 3.63) is 0 Å². The van der Waals surface area contributed by atoms with E-state index >= 15 is 0 Å². The maximum Gasteiger partial charge on any atom is 0.191 e. The van der Waals surface area contributed by atoms with Crippen LogP contribution in [-0.2, 0) is 0 Å². The molecule has 0 aromatic rings. The summed E-state index contributed by atoms with van der Waals surface area (Å²) >= 11 is 0. The van der Waals surface area contributed by atoms with Gasteiger partial charge in [-0.25, -0.2) is 0 Å². The molecule has 0 radical (unpaired) electrons. The van der Waals surface area contributed by atoms with Gasteiger partial charge in [0.05, 0.1) is 6.54 Å². The number of rotatable bonds is 8. The zero-order chi connectivity index (χ0) is 17.4. The predicted molar refractivity (Wildman–Crippen MR) is 117 cm³/mol. The number of hydrogen-bond donors (Lipinski definition) is 2. The summed E-state index contributed by atoms with van der Waals surface area (Å²) in [5.74, 6) is 1.62. The van der Waals surface area contributed by atoms with Gasteiger partial charge in [-0.3, -0.25) is 9.89 Å². The number of halogens is 1. The SMILES string of the molecule is CCNC(=NCCN(C)C(C)CC)NC1CN(C(C)C)CC1C.I. The van der Waals surface area contributed by atoms with Crippen molar-refractivity contribution in [2.75, 3.05) is 39.8 Å². The second-order valence-corrected chi connectivity index (χ2v) is 7.27. The first kappa shape index (κ1) is 23.9. The van der Waals surface area contributed by atoms with Crippen molar-refractivity contribution in [1.29, 1.82) is 0 Å². The van der Waals surface area contributed by atoms with Crippen LogP contribution in [0, 0.1) is 5.92 Å². The van der Waals surface area contributed by atoms with Gasteiger partial charge in [0.15, 0.2) is 5.96 Å². The van der Waals surface area contributed by atoms with Gasteiger partial charge in [0.2, 0.25) is 0 Å². The summed E-state index contributed by atoms with van der Waals surface area (Å²) in [6, 6.07) is 1.73. The molecule has 144 valence electrons. The molecule has 1 aliphatic heterocycles. The fourth-order valence-corrected chi connectivity index (χ4v) is 2.96. The molecular weight excluding hydrogens is 413 g/mol. The molecule has 0 aromatic carbocycles. The average Bonchev–Trinajstić information content (AvgIpc) is 2.87. The van der Waals surface area contributed by atoms with E-state index in [0.717, 1.165) is 32.1 Å². The van der Waals surface area contributed by atoms with Crippen LogP contribution in [0.15, 0.2) is 4.99 Å². The van der Waals surface area contributed by atoms with Gasteiger partial charge in [0.1, 0.15) is 0 Å². The van der Waals surface area contributed by atoms with Gasteiger partial charge in [0.25, 0.3) is 0 Å². The average molecular weight is 453 g/mol. The first-order valence-corrected chi connectivity index (χ1v) is 9.38. The van der Waals surface area contributed by atoms with E-state index in [-0.39, 0.29) is 24.0 Å². The smallest absolute Gasteiger partial charge is 0.191 e. The lowest BCUT2D eigenvalue weighted by atomic mass is 10.1. The number of likely N-dealkylation sites (N-methyl/N-ethyl adjacent to an activating group) is 1. The summed E-state index contributed by atoms with van der Waals surface area (Å²) in [6.45, 7) is 18.5. The summed E-state index contributed by atoms with van der Waals surface area (Å²) in [7, 11) is 2.18. The number of hydrogen-bond acceptors (Lipinski definition) is 3. The Morgan fingerprint density at radius 3 is 2.42 bits per heavy atom. The molecule has 3 atom stereocenters. The standard InChI is InChI=1S/C18H39N5.HI/c1-8-16(6)22(7)11-10-20-18(19-9-2)21-17-13-23(14(3)4)12-15(17)5;/h14-17H,8-13H2,1-7H3,(H2,19,20,21);1H. The minimum Gasteiger partial charge on any atom is -0.357 e. The molecule has 1 fully saturated rings. The van der Waals surface area contributed by atoms with Crippen molar-refractivity contribution in [3.63, 3.8) is 0 Å². The maximum absolute atomic E-state index is 4.77. The Labute approximate surface area is 167 Å². The van der Waals surface area contributed by atoms with Crippen molar-refractivity contribution < 1.29 is 0 Å². The van der Waals surface area contributed by atoms with Crippen molar-refractivity contribution >= 4 is 29.9 Å². The highest BCUT2D eigenvalue weighted by molar-refractivity contribution is 14.0. The van der Waals surface area contributed by atoms with E-state index in [1.807, 2.05) is 0 Å². The number of likely N-dealkylation sites (tertiary alicyclic amines) is 1. The van der Waals surface area contributed by atoms with Gasteiger partial charge in [-0.2, -0.15) is 0 Å². The molecule has 1 aliphatic rings. The van der Waals surface area contributed by atoms with Crippen LogP contribution in [0.2, 0.25) is 0 Å². The van der Waals surface area contributed by atoms with Crippen molar-refractivity contribution in [1.82, 2.24) is 20.4 Å². The molecule has 1 saturated heterocycles. The molecule has 0 aromatic heterocycles. The molecule has 0 bridgehead atoms. The Bertz CT molecular complexity index is 361. The molecule has 0 aliphatic carbocycles. The van der Waals surface area contributed by atoms with Crippen LogP contribution < -0.4 is 10.6 Å². The normalized spacial score (nSPS) is 23.5. The van der Waals surface area contributed by atoms with Crippen LogP contribution in [0.5, 0.6) is 0 Å². The summed E-state index contributed by atoms with van der Waals surface area (Å²) in [5.41, 5.74) is 0. The number of nitrogens with one attached hydrogen (secondary N) is 2. The summed E-state index contributed by atoms with van der Waals surface area (Å²) in [6.07, 6.45) is 1.18. The number of nitrogens with zero attached hydrogens (tertiary/aromatic N) is 3. The van der Waals surface area contributed by atoms with E-state index in [2.05, 4.69) is 69.0 Å². The fraction of sp³-hybridized carbons (Fsp3) is 0.944. The van der Waals surface area contributed by atoms with Crippen LogP contribution in [0.3, 0.4) is 0 Å². The molecule has 6 heteroatoms. The van der Waals surface area contributed by atoms with E-state index in [1.54, 1.807) is 0 Å². The van der Waals surface area contributed by atoms with Crippen LogP contribution in [0.1, 0.15) is 48.0 Å². The quantitative estimate of drug-likeness (QED) is 0.337. The second kappa shape index (κ2) is 12.3. The monoisotopic (exact) mass is 453 g/mol. The Morgan fingerprint density at radius 1 is 1.25 bits per heavy atom. The van der Waals surface area contributed by atoms with Gasteiger partial charge in [-0.05, 0) is 47.1 Å². The van der Waals surface area contributed by atoms with Crippen molar-refractivity contribution in [3.8, 4) is 0 Å². The maximum atomic E-state index is 4.77. The van der Waals surface area contributed by atoms with Crippen LogP contribution >= 0.6 is 24.0 Å². The molecule has 0 spiro atoms. The van der Waals surface area contributed by atoms with Gasteiger partial charge in [0, 0.05) is 44.3 Å². The largest absolute Gasteiger partial charge is 0.357 e. The van der Waals surface area contributed by atoms with Gasteiger partial charge in [-0.15, -0.1) is 24.0 Å². The highest BCUT2D eigenvalue weighted by Crippen LogP contribution is 2.18. The Kier molecular flexibility index (Phi) is 12.3. The third kappa shape index (κ3) is 7.87. The molecule has 0 saturated carbocycles. The van der Waals surface area contributed by atoms with Crippen LogP contribution in [0.4, 0.5) is 0 Å². The lowest BCUT2D eigenvalue weighted by molar-refractivity contribution is 0.259. The highest BCUT2D eigenvalue weighted by atomic mass is 127. The minimum absolute atomic E-state index is 0. The zero-order valence-corrected chi connectivity index (χ0v) is 19.1. The molecular formula is C18H40IN5. The molecule has 1 rings (SSSR count). The van der Waals surface area contributed by atoms with E-state index < -0.39 is 0 Å². The molecule has 2 N–H and O–H groups in total. The second-order valence-electron chi connectivity index (χ2n) is 7.27. The van der Waals surface area contributed by atoms with Crippen molar-refractivity contribution in [2.24, 2.45) is 10.9 Å². The molecule has 1 heterocycles. The summed E-state index contributed by atoms with van der Waals surface area (Å²) in [5, 5.41) is 7.04. The number of guanidine groups is 1. The van der Waals surface area contributed by atoms with Crippen LogP contribution in [0.25, 0.3) is 0 Å². The lowest BCUT2D eigenvalue weighted by Gasteiger charge is -2.24. The van der Waals surface area contributed by atoms with Gasteiger partial charge < -0.3 is 15.5 Å². The minimum atomic E-state index is 0. The summed E-state index contributed by atoms with van der Waals surface area (Å²) in [4.78, 5) is 9.70. The zero-order valence-electron chi connectivity index (χ0n) is 16.8. The first-order chi connectivity index (χ1) is 10.9. The molecule has 5 nitrogen and oxygen atoms in total. The van der Waals surface area contributed by atoms with Crippen LogP contribution in [-0.4, -0.2) is 73.7 Å². The Morgan fingerprint density at radius 2 is 1.92 bits per heavy atom. The first-order valence-electron chi connectivity index (χ1n) is 9.38. The third-order valence-electron chi connectivity index (χ3n) is 5.10. The van der Waals surface area contributed by atoms with Gasteiger partial charge >= 0.3 is 0 Å². The fourth-order valence-electron chi connectivity index (χ4n) is 2.96. The van der Waals surface area contributed by atoms with E-state index in [0.29, 0.717) is 24.0 Å². The topological polar surface area (TPSA) is 42.9 Å². The van der Waals surface area contributed by atoms with Crippen molar-refractivity contribution in [2.45, 2.75) is 66.1 Å². The van der Waals surface area contributed by atoms with E-state index in [4.69, 9.17) is 4.99 Å². The Hall–Kier alpha value is -0.0800.